The van der Waals surface area contributed by atoms with Gasteiger partial charge in [-0.15, -0.1) is 0 Å². The first-order chi connectivity index (χ1) is 12.6. The standard InChI is InChI=1S/C20H26N2O4/c1-4-5-6-18-21-13-17(11-12-19(23)25-2)22(18)14-15-7-9-16(10-8-15)20(24)26-3/h7-13,20,24H,4-6,14H2,1-3H3/b12-11+. The van der Waals surface area contributed by atoms with Gasteiger partial charge in [0.05, 0.1) is 19.0 Å². The number of carbonyl (C=O) groups is 1. The molecule has 0 saturated carbocycles. The summed E-state index contributed by atoms with van der Waals surface area (Å²) in [5, 5.41) is 9.72. The minimum atomic E-state index is -0.920. The SMILES string of the molecule is CCCCc1ncc(/C=C/C(=O)OC)n1Cc1ccc(C(O)OC)cc1. The Bertz CT molecular complexity index is 735. The molecule has 6 nitrogen and oxygen atoms in total. The first-order valence-electron chi connectivity index (χ1n) is 8.69. The number of nitrogens with zero attached hydrogens (tertiary/aromatic N) is 2. The molecule has 26 heavy (non-hydrogen) atoms. The largest absolute Gasteiger partial charge is 0.466 e. The van der Waals surface area contributed by atoms with Gasteiger partial charge in [0, 0.05) is 31.7 Å². The van der Waals surface area contributed by atoms with Crippen LogP contribution in [0, 0.1) is 0 Å². The average molecular weight is 358 g/mol. The van der Waals surface area contributed by atoms with Gasteiger partial charge in [-0.1, -0.05) is 37.6 Å². The zero-order chi connectivity index (χ0) is 18.9. The van der Waals surface area contributed by atoms with Crippen molar-refractivity contribution in [2.75, 3.05) is 14.2 Å². The van der Waals surface area contributed by atoms with Crippen LogP contribution in [0.1, 0.15) is 48.7 Å². The van der Waals surface area contributed by atoms with Crippen LogP contribution < -0.4 is 0 Å². The molecule has 1 aromatic heterocycles. The number of aromatic nitrogens is 2. The molecule has 140 valence electrons. The van der Waals surface area contributed by atoms with Crippen LogP contribution in [-0.2, 0) is 27.2 Å². The molecule has 2 rings (SSSR count). The number of aryl methyl sites for hydroxylation is 1. The summed E-state index contributed by atoms with van der Waals surface area (Å²) in [5.41, 5.74) is 2.63. The van der Waals surface area contributed by atoms with E-state index in [2.05, 4.69) is 21.2 Å². The van der Waals surface area contributed by atoms with Gasteiger partial charge in [0.1, 0.15) is 5.82 Å². The first kappa shape index (κ1) is 19.9. The van der Waals surface area contributed by atoms with Crippen LogP contribution in [0.4, 0.5) is 0 Å². The second kappa shape index (κ2) is 9.89. The van der Waals surface area contributed by atoms with Crippen molar-refractivity contribution >= 4 is 12.0 Å². The van der Waals surface area contributed by atoms with Crippen molar-refractivity contribution in [3.63, 3.8) is 0 Å². The number of rotatable bonds is 9. The number of methoxy groups -OCH3 is 2. The molecule has 0 amide bonds. The Morgan fingerprint density at radius 1 is 1.31 bits per heavy atom. The van der Waals surface area contributed by atoms with E-state index in [9.17, 15) is 9.90 Å². The Balaban J connectivity index is 2.25. The second-order valence-electron chi connectivity index (χ2n) is 5.98. The topological polar surface area (TPSA) is 73.6 Å². The second-order valence-corrected chi connectivity index (χ2v) is 5.98. The van der Waals surface area contributed by atoms with Crippen LogP contribution in [0.15, 0.2) is 36.5 Å². The van der Waals surface area contributed by atoms with Crippen molar-refractivity contribution in [2.45, 2.75) is 39.0 Å². The highest BCUT2D eigenvalue weighted by atomic mass is 16.6. The number of aliphatic hydroxyl groups excluding tert-OH is 1. The Morgan fingerprint density at radius 2 is 2.04 bits per heavy atom. The average Bonchev–Trinajstić information content (AvgIpc) is 3.05. The van der Waals surface area contributed by atoms with Crippen molar-refractivity contribution in [2.24, 2.45) is 0 Å². The normalized spacial score (nSPS) is 12.5. The Hall–Kier alpha value is -2.44. The van der Waals surface area contributed by atoms with E-state index in [1.807, 2.05) is 24.3 Å². The maximum atomic E-state index is 11.4. The van der Waals surface area contributed by atoms with E-state index in [1.54, 1.807) is 12.3 Å². The monoisotopic (exact) mass is 358 g/mol. The van der Waals surface area contributed by atoms with Gasteiger partial charge in [0.2, 0.25) is 0 Å². The third kappa shape index (κ3) is 5.28. The fourth-order valence-corrected chi connectivity index (χ4v) is 2.61. The van der Waals surface area contributed by atoms with Gasteiger partial charge in [0.25, 0.3) is 0 Å². The van der Waals surface area contributed by atoms with Crippen molar-refractivity contribution < 1.29 is 19.4 Å². The zero-order valence-corrected chi connectivity index (χ0v) is 15.5. The van der Waals surface area contributed by atoms with Crippen LogP contribution in [0.25, 0.3) is 6.08 Å². The van der Waals surface area contributed by atoms with Gasteiger partial charge in [-0.25, -0.2) is 9.78 Å². The van der Waals surface area contributed by atoms with Crippen LogP contribution in [0.5, 0.6) is 0 Å². The number of hydrogen-bond donors (Lipinski definition) is 1. The fraction of sp³-hybridized carbons (Fsp3) is 0.400. The van der Waals surface area contributed by atoms with E-state index in [4.69, 9.17) is 4.74 Å². The maximum Gasteiger partial charge on any atom is 0.330 e. The highest BCUT2D eigenvalue weighted by Gasteiger charge is 2.10. The predicted molar refractivity (Wildman–Crippen MR) is 99.4 cm³/mol. The summed E-state index contributed by atoms with van der Waals surface area (Å²) in [7, 11) is 2.82. The molecule has 0 aliphatic heterocycles. The van der Waals surface area contributed by atoms with E-state index < -0.39 is 12.3 Å². The maximum absolute atomic E-state index is 11.4. The summed E-state index contributed by atoms with van der Waals surface area (Å²) in [6.45, 7) is 2.77. The van der Waals surface area contributed by atoms with E-state index in [0.717, 1.165) is 36.3 Å². The van der Waals surface area contributed by atoms with Crippen molar-refractivity contribution in [3.8, 4) is 0 Å². The van der Waals surface area contributed by atoms with Crippen molar-refractivity contribution in [3.05, 3.63) is 59.2 Å². The summed E-state index contributed by atoms with van der Waals surface area (Å²) in [6.07, 6.45) is 6.99. The number of carbonyl (C=O) groups excluding carboxylic acids is 1. The lowest BCUT2D eigenvalue weighted by Crippen LogP contribution is -2.08. The molecule has 0 aliphatic rings. The third-order valence-electron chi connectivity index (χ3n) is 4.14. The smallest absolute Gasteiger partial charge is 0.330 e. The molecule has 2 aromatic rings. The Kier molecular flexibility index (Phi) is 7.56. The van der Waals surface area contributed by atoms with Crippen molar-refractivity contribution in [1.82, 2.24) is 9.55 Å². The molecule has 1 atom stereocenters. The number of imidazole rings is 1. The molecule has 1 aromatic carbocycles. The highest BCUT2D eigenvalue weighted by molar-refractivity contribution is 5.86. The minimum absolute atomic E-state index is 0.397. The lowest BCUT2D eigenvalue weighted by atomic mass is 10.1. The van der Waals surface area contributed by atoms with Gasteiger partial charge in [-0.3, -0.25) is 0 Å². The van der Waals surface area contributed by atoms with E-state index in [-0.39, 0.29) is 0 Å². The number of hydrogen-bond acceptors (Lipinski definition) is 5. The summed E-state index contributed by atoms with van der Waals surface area (Å²) in [5.74, 6) is 0.586. The van der Waals surface area contributed by atoms with Gasteiger partial charge < -0.3 is 19.1 Å². The first-order valence-corrected chi connectivity index (χ1v) is 8.69. The molecule has 1 unspecified atom stereocenters. The molecular formula is C20H26N2O4. The van der Waals surface area contributed by atoms with Gasteiger partial charge in [-0.2, -0.15) is 0 Å². The molecule has 0 spiro atoms. The molecule has 6 heteroatoms. The minimum Gasteiger partial charge on any atom is -0.466 e. The third-order valence-corrected chi connectivity index (χ3v) is 4.14. The van der Waals surface area contributed by atoms with Crippen molar-refractivity contribution in [1.29, 1.82) is 0 Å². The van der Waals surface area contributed by atoms with E-state index in [0.29, 0.717) is 12.1 Å². The summed E-state index contributed by atoms with van der Waals surface area (Å²) >= 11 is 0. The summed E-state index contributed by atoms with van der Waals surface area (Å²) < 4.78 is 11.7. The lowest BCUT2D eigenvalue weighted by Gasteiger charge is -2.12. The van der Waals surface area contributed by atoms with Crippen LogP contribution in [-0.4, -0.2) is 34.8 Å². The van der Waals surface area contributed by atoms with Crippen LogP contribution >= 0.6 is 0 Å². The highest BCUT2D eigenvalue weighted by Crippen LogP contribution is 2.17. The van der Waals surface area contributed by atoms with E-state index in [1.165, 1.54) is 20.3 Å². The Morgan fingerprint density at radius 3 is 2.65 bits per heavy atom. The number of aliphatic hydroxyl groups is 1. The molecule has 0 saturated heterocycles. The zero-order valence-electron chi connectivity index (χ0n) is 15.5. The molecule has 1 N–H and O–H groups in total. The molecule has 0 radical (unpaired) electrons. The van der Waals surface area contributed by atoms with Crippen LogP contribution in [0.3, 0.4) is 0 Å². The van der Waals surface area contributed by atoms with E-state index >= 15 is 0 Å². The molecule has 0 aliphatic carbocycles. The molecule has 1 heterocycles. The molecular weight excluding hydrogens is 332 g/mol. The quantitative estimate of drug-likeness (QED) is 0.424. The number of benzene rings is 1. The Labute approximate surface area is 154 Å². The molecule has 0 fully saturated rings. The molecule has 0 bridgehead atoms. The van der Waals surface area contributed by atoms with Gasteiger partial charge in [-0.05, 0) is 18.1 Å². The van der Waals surface area contributed by atoms with Gasteiger partial charge >= 0.3 is 5.97 Å². The predicted octanol–water partition coefficient (Wildman–Crippen LogP) is 3.10. The number of unbranched alkanes of at least 4 members (excludes halogenated alkanes) is 1. The fourth-order valence-electron chi connectivity index (χ4n) is 2.61. The summed E-state index contributed by atoms with van der Waals surface area (Å²) in [4.78, 5) is 15.9. The summed E-state index contributed by atoms with van der Waals surface area (Å²) in [6, 6.07) is 7.59. The number of ether oxygens (including phenoxy) is 2. The lowest BCUT2D eigenvalue weighted by molar-refractivity contribution is -0.134. The number of esters is 1. The van der Waals surface area contributed by atoms with Gasteiger partial charge in [0.15, 0.2) is 6.29 Å². The van der Waals surface area contributed by atoms with Crippen LogP contribution in [0.2, 0.25) is 0 Å².